The van der Waals surface area contributed by atoms with Gasteiger partial charge in [0.25, 0.3) is 0 Å². The first-order valence-electron chi connectivity index (χ1n) is 11.9. The molecule has 7 rings (SSSR count). The van der Waals surface area contributed by atoms with Crippen LogP contribution in [-0.2, 0) is 20.5 Å². The molecule has 174 valence electrons. The molecule has 6 nitrogen and oxygen atoms in total. The maximum Gasteiger partial charge on any atom is 0.250 e. The van der Waals surface area contributed by atoms with Gasteiger partial charge in [-0.2, -0.15) is 0 Å². The van der Waals surface area contributed by atoms with Crippen LogP contribution in [0.25, 0.3) is 0 Å². The van der Waals surface area contributed by atoms with Crippen LogP contribution < -0.4 is 10.6 Å². The van der Waals surface area contributed by atoms with Crippen LogP contribution in [0.5, 0.6) is 0 Å². The van der Waals surface area contributed by atoms with E-state index in [1.165, 1.54) is 0 Å². The molecule has 4 aliphatic rings. The van der Waals surface area contributed by atoms with Gasteiger partial charge in [-0.3, -0.25) is 19.3 Å². The average molecular weight is 484 g/mol. The second-order valence-electron chi connectivity index (χ2n) is 9.79. The zero-order chi connectivity index (χ0) is 23.9. The second-order valence-corrected chi connectivity index (χ2v) is 10.2. The molecule has 2 saturated heterocycles. The second kappa shape index (κ2) is 7.03. The zero-order valence-electron chi connectivity index (χ0n) is 18.8. The summed E-state index contributed by atoms with van der Waals surface area (Å²) in [6, 6.07) is 21.6. The minimum absolute atomic E-state index is 0.211. The van der Waals surface area contributed by atoms with Crippen LogP contribution >= 0.6 is 11.6 Å². The number of amides is 2. The molecule has 2 spiro atoms. The van der Waals surface area contributed by atoms with Crippen molar-refractivity contribution in [2.24, 2.45) is 5.92 Å². The van der Waals surface area contributed by atoms with Crippen molar-refractivity contribution in [3.63, 3.8) is 0 Å². The number of carbonyl (C=O) groups is 3. The van der Waals surface area contributed by atoms with E-state index in [0.29, 0.717) is 28.5 Å². The maximum atomic E-state index is 14.6. The number of nitrogens with zero attached hydrogens (tertiary/aromatic N) is 1. The molecule has 4 heterocycles. The van der Waals surface area contributed by atoms with E-state index < -0.39 is 16.9 Å². The third-order valence-electron chi connectivity index (χ3n) is 8.42. The third kappa shape index (κ3) is 2.36. The summed E-state index contributed by atoms with van der Waals surface area (Å²) in [5, 5.41) is 6.63. The molecule has 3 aromatic carbocycles. The Morgan fingerprint density at radius 2 is 1.49 bits per heavy atom. The number of benzene rings is 3. The van der Waals surface area contributed by atoms with Crippen LogP contribution in [0, 0.1) is 5.92 Å². The van der Waals surface area contributed by atoms with Gasteiger partial charge in [-0.25, -0.2) is 0 Å². The first kappa shape index (κ1) is 20.9. The number of Topliss-reactive ketones (excluding diaryl/α,β-unsaturated/α-hetero) is 1. The van der Waals surface area contributed by atoms with Crippen LogP contribution in [0.15, 0.2) is 72.8 Å². The molecular formula is C28H22ClN3O3. The highest BCUT2D eigenvalue weighted by Gasteiger charge is 2.78. The summed E-state index contributed by atoms with van der Waals surface area (Å²) in [5.41, 5.74) is 0.917. The van der Waals surface area contributed by atoms with E-state index in [4.69, 9.17) is 11.6 Å². The van der Waals surface area contributed by atoms with Crippen molar-refractivity contribution in [3.8, 4) is 0 Å². The first-order chi connectivity index (χ1) is 17.0. The summed E-state index contributed by atoms with van der Waals surface area (Å²) < 4.78 is 0. The molecule has 0 aromatic heterocycles. The van der Waals surface area contributed by atoms with Gasteiger partial charge in [0.15, 0.2) is 5.78 Å². The Bertz CT molecular complexity index is 1360. The molecule has 0 unspecified atom stereocenters. The smallest absolute Gasteiger partial charge is 0.250 e. The Morgan fingerprint density at radius 1 is 0.857 bits per heavy atom. The molecule has 2 N–H and O–H groups in total. The first-order valence-corrected chi connectivity index (χ1v) is 12.3. The summed E-state index contributed by atoms with van der Waals surface area (Å²) in [6.45, 7) is 0.633. The van der Waals surface area contributed by atoms with Crippen molar-refractivity contribution in [2.45, 2.75) is 29.8 Å². The molecule has 3 aromatic rings. The molecule has 0 bridgehead atoms. The lowest BCUT2D eigenvalue weighted by atomic mass is 9.60. The van der Waals surface area contributed by atoms with Crippen molar-refractivity contribution < 1.29 is 14.4 Å². The lowest BCUT2D eigenvalue weighted by Gasteiger charge is -2.38. The van der Waals surface area contributed by atoms with Gasteiger partial charge in [0.2, 0.25) is 11.8 Å². The number of carbonyl (C=O) groups excluding carboxylic acids is 3. The van der Waals surface area contributed by atoms with E-state index >= 15 is 0 Å². The fourth-order valence-electron chi connectivity index (χ4n) is 7.28. The van der Waals surface area contributed by atoms with Crippen molar-refractivity contribution in [3.05, 3.63) is 94.5 Å². The number of para-hydroxylation sites is 2. The third-order valence-corrected chi connectivity index (χ3v) is 8.68. The average Bonchev–Trinajstić information content (AvgIpc) is 3.58. The van der Waals surface area contributed by atoms with E-state index in [0.717, 1.165) is 24.0 Å². The summed E-state index contributed by atoms with van der Waals surface area (Å²) in [7, 11) is 0. The van der Waals surface area contributed by atoms with E-state index in [9.17, 15) is 14.4 Å². The number of fused-ring (bicyclic) bond motifs is 7. The lowest BCUT2D eigenvalue weighted by Crippen LogP contribution is -2.55. The van der Waals surface area contributed by atoms with Gasteiger partial charge >= 0.3 is 0 Å². The normalized spacial score (nSPS) is 30.3. The Labute approximate surface area is 207 Å². The molecule has 0 aliphatic carbocycles. The molecular weight excluding hydrogens is 462 g/mol. The van der Waals surface area contributed by atoms with Crippen LogP contribution in [-0.4, -0.2) is 35.1 Å². The molecule has 4 atom stereocenters. The minimum Gasteiger partial charge on any atom is -0.325 e. The summed E-state index contributed by atoms with van der Waals surface area (Å²) >= 11 is 6.13. The fourth-order valence-corrected chi connectivity index (χ4v) is 7.41. The van der Waals surface area contributed by atoms with Crippen molar-refractivity contribution in [1.82, 2.24) is 4.90 Å². The Hall–Kier alpha value is -3.48. The van der Waals surface area contributed by atoms with Gasteiger partial charge in [0, 0.05) is 33.6 Å². The van der Waals surface area contributed by atoms with Gasteiger partial charge < -0.3 is 10.6 Å². The number of hydrogen-bond acceptors (Lipinski definition) is 4. The largest absolute Gasteiger partial charge is 0.325 e. The van der Waals surface area contributed by atoms with Gasteiger partial charge in [-0.05, 0) is 61.3 Å². The van der Waals surface area contributed by atoms with Crippen LogP contribution in [0.4, 0.5) is 11.4 Å². The highest BCUT2D eigenvalue weighted by Crippen LogP contribution is 2.66. The van der Waals surface area contributed by atoms with Crippen LogP contribution in [0.2, 0.25) is 5.02 Å². The van der Waals surface area contributed by atoms with E-state index in [1.54, 1.807) is 24.3 Å². The number of nitrogens with one attached hydrogen (secondary N) is 2. The summed E-state index contributed by atoms with van der Waals surface area (Å²) in [6.07, 6.45) is 1.57. The predicted molar refractivity (Wildman–Crippen MR) is 132 cm³/mol. The fraction of sp³-hybridized carbons (Fsp3) is 0.250. The number of halogens is 1. The molecule has 35 heavy (non-hydrogen) atoms. The van der Waals surface area contributed by atoms with E-state index in [2.05, 4.69) is 15.5 Å². The molecule has 2 fully saturated rings. The summed E-state index contributed by atoms with van der Waals surface area (Å²) in [5.74, 6) is -1.63. The van der Waals surface area contributed by atoms with Crippen molar-refractivity contribution in [2.75, 3.05) is 17.2 Å². The number of anilines is 2. The monoisotopic (exact) mass is 483 g/mol. The SMILES string of the molecule is O=C(c1ccc(Cl)cc1)[C@H]1[C@@]2(C(=O)Nc3ccccc32)[C@H]2CCCN2[C@@]12C(=O)Nc1ccccc12. The number of rotatable bonds is 2. The molecule has 4 aliphatic heterocycles. The van der Waals surface area contributed by atoms with Crippen molar-refractivity contribution >= 4 is 40.6 Å². The van der Waals surface area contributed by atoms with Gasteiger partial charge in [0.05, 0.1) is 5.92 Å². The summed E-state index contributed by atoms with van der Waals surface area (Å²) in [4.78, 5) is 45.0. The molecule has 7 heteroatoms. The maximum absolute atomic E-state index is 14.6. The standard InChI is InChI=1S/C28H22ClN3O3/c29-17-13-11-16(12-14-17)23(33)24-27(18-6-1-3-8-20(18)30-25(27)34)22-10-5-15-32(22)28(24)19-7-2-4-9-21(19)31-26(28)35/h1-4,6-9,11-14,22,24H,5,10,15H2,(H,30,34)(H,31,35)/t22-,24+,27+,28-/m1/s1. The molecule has 2 amide bonds. The quantitative estimate of drug-likeness (QED) is 0.531. The van der Waals surface area contributed by atoms with E-state index in [-0.39, 0.29) is 23.6 Å². The molecule has 0 radical (unpaired) electrons. The van der Waals surface area contributed by atoms with Crippen LogP contribution in [0.1, 0.15) is 34.3 Å². The molecule has 0 saturated carbocycles. The minimum atomic E-state index is -1.29. The number of hydrogen-bond donors (Lipinski definition) is 2. The van der Waals surface area contributed by atoms with Crippen molar-refractivity contribution in [1.29, 1.82) is 0 Å². The van der Waals surface area contributed by atoms with Gasteiger partial charge in [-0.1, -0.05) is 48.0 Å². The van der Waals surface area contributed by atoms with Gasteiger partial charge in [0.1, 0.15) is 11.0 Å². The topological polar surface area (TPSA) is 78.5 Å². The Morgan fingerprint density at radius 3 is 2.23 bits per heavy atom. The lowest BCUT2D eigenvalue weighted by molar-refractivity contribution is -0.128. The zero-order valence-corrected chi connectivity index (χ0v) is 19.5. The highest BCUT2D eigenvalue weighted by atomic mass is 35.5. The predicted octanol–water partition coefficient (Wildman–Crippen LogP) is 4.35. The van der Waals surface area contributed by atoms with Crippen LogP contribution in [0.3, 0.4) is 0 Å². The Kier molecular flexibility index (Phi) is 4.19. The number of ketones is 1. The Balaban J connectivity index is 1.58. The highest BCUT2D eigenvalue weighted by molar-refractivity contribution is 6.30. The van der Waals surface area contributed by atoms with Gasteiger partial charge in [-0.15, -0.1) is 0 Å². The van der Waals surface area contributed by atoms with E-state index in [1.807, 2.05) is 48.5 Å².